The van der Waals surface area contributed by atoms with Gasteiger partial charge in [0.25, 0.3) is 14.3 Å². The van der Waals surface area contributed by atoms with Gasteiger partial charge in [-0.25, -0.2) is 0 Å². The van der Waals surface area contributed by atoms with Gasteiger partial charge in [0.15, 0.2) is 0 Å². The van der Waals surface area contributed by atoms with Crippen molar-refractivity contribution < 1.29 is 18.1 Å². The van der Waals surface area contributed by atoms with Crippen LogP contribution in [0.25, 0.3) is 0 Å². The van der Waals surface area contributed by atoms with Gasteiger partial charge in [-0.3, -0.25) is 4.79 Å². The van der Waals surface area contributed by atoms with E-state index < -0.39 is 22.6 Å². The van der Waals surface area contributed by atoms with Crippen LogP contribution in [0.4, 0.5) is 0 Å². The fourth-order valence-electron chi connectivity index (χ4n) is 4.09. The first-order chi connectivity index (χ1) is 14.6. The van der Waals surface area contributed by atoms with E-state index in [-0.39, 0.29) is 11.0 Å². The Morgan fingerprint density at radius 3 is 1.52 bits per heavy atom. The minimum absolute atomic E-state index is 0.0138. The fourth-order valence-corrected chi connectivity index (χ4v) is 10.4. The summed E-state index contributed by atoms with van der Waals surface area (Å²) >= 11 is 0. The first-order valence-electron chi connectivity index (χ1n) is 12.9. The zero-order chi connectivity index (χ0) is 24.0. The van der Waals surface area contributed by atoms with Crippen LogP contribution in [0, 0.1) is 0 Å². The third kappa shape index (κ3) is 9.69. The third-order valence-corrected chi connectivity index (χ3v) is 14.9. The van der Waals surface area contributed by atoms with Gasteiger partial charge in [0.1, 0.15) is 5.04 Å². The second-order valence-electron chi connectivity index (χ2n) is 10.1. The van der Waals surface area contributed by atoms with E-state index in [9.17, 15) is 4.79 Å². The zero-order valence-electron chi connectivity index (χ0n) is 22.3. The number of unbranched alkanes of at least 4 members (excludes halogenated alkanes) is 6. The van der Waals surface area contributed by atoms with Crippen LogP contribution in [0.15, 0.2) is 0 Å². The van der Waals surface area contributed by atoms with Crippen molar-refractivity contribution in [2.24, 2.45) is 0 Å². The summed E-state index contributed by atoms with van der Waals surface area (Å²) in [7, 11) is -4.08. The maximum absolute atomic E-state index is 13.8. The minimum atomic E-state index is -2.32. The Labute approximate surface area is 197 Å². The highest BCUT2D eigenvalue weighted by Crippen LogP contribution is 2.47. The molecule has 185 valence electrons. The lowest BCUT2D eigenvalue weighted by Crippen LogP contribution is -2.53. The first-order valence-corrected chi connectivity index (χ1v) is 16.6. The molecule has 0 aromatic carbocycles. The molecule has 0 aliphatic carbocycles. The van der Waals surface area contributed by atoms with Crippen molar-refractivity contribution in [3.63, 3.8) is 0 Å². The lowest BCUT2D eigenvalue weighted by Gasteiger charge is -2.44. The predicted octanol–water partition coefficient (Wildman–Crippen LogP) is 8.17. The smallest absolute Gasteiger partial charge is 0.402 e. The van der Waals surface area contributed by atoms with Gasteiger partial charge in [0.2, 0.25) is 0 Å². The van der Waals surface area contributed by atoms with Crippen molar-refractivity contribution in [2.45, 2.75) is 142 Å². The van der Waals surface area contributed by atoms with Crippen molar-refractivity contribution in [3.8, 4) is 0 Å². The molecule has 0 bridgehead atoms. The highest BCUT2D eigenvalue weighted by atomic mass is 28.4. The number of carbonyl (C=O) groups is 1. The van der Waals surface area contributed by atoms with Gasteiger partial charge in [0.05, 0.1) is 0 Å². The summed E-state index contributed by atoms with van der Waals surface area (Å²) in [5, 5.41) is -0.674. The van der Waals surface area contributed by atoms with Crippen LogP contribution in [-0.2, 0) is 18.1 Å². The summed E-state index contributed by atoms with van der Waals surface area (Å²) in [6.45, 7) is 20.5. The summed E-state index contributed by atoms with van der Waals surface area (Å²) in [5.41, 5.74) is 0. The summed E-state index contributed by atoms with van der Waals surface area (Å²) in [5.74, 6) is -0.0710. The molecule has 0 aromatic heterocycles. The van der Waals surface area contributed by atoms with Crippen LogP contribution in [0.5, 0.6) is 0 Å². The molecule has 0 aliphatic rings. The Kier molecular flexibility index (Phi) is 15.5. The average molecular weight is 474 g/mol. The maximum atomic E-state index is 13.8. The van der Waals surface area contributed by atoms with Crippen LogP contribution >= 0.6 is 0 Å². The monoisotopic (exact) mass is 473 g/mol. The van der Waals surface area contributed by atoms with E-state index in [2.05, 4.69) is 41.5 Å². The van der Waals surface area contributed by atoms with Crippen molar-refractivity contribution in [1.29, 1.82) is 0 Å². The molecule has 0 aliphatic heterocycles. The average Bonchev–Trinajstić information content (AvgIpc) is 2.72. The van der Waals surface area contributed by atoms with Crippen LogP contribution < -0.4 is 0 Å². The zero-order valence-corrected chi connectivity index (χ0v) is 24.3. The second kappa shape index (κ2) is 15.6. The first kappa shape index (κ1) is 30.8. The highest BCUT2D eigenvalue weighted by molar-refractivity contribution is 6.78. The van der Waals surface area contributed by atoms with Gasteiger partial charge in [-0.05, 0) is 44.3 Å². The summed E-state index contributed by atoms with van der Waals surface area (Å²) in [6.07, 6.45) is 10.4. The molecular weight excluding hydrogens is 420 g/mol. The molecule has 0 heterocycles. The standard InChI is InChI=1S/C25H53O4Si2/c1-10-15-17-19-21-31(24(6,7)8,22-20-18-16-11-2)29-23(26)25(9,12-3)30(27-13-4)28-14-5/h10-22H2,1-9H3. The van der Waals surface area contributed by atoms with Crippen molar-refractivity contribution in [1.82, 2.24) is 0 Å². The topological polar surface area (TPSA) is 44.8 Å². The molecule has 1 unspecified atom stereocenters. The van der Waals surface area contributed by atoms with E-state index in [1.54, 1.807) is 0 Å². The molecular formula is C25H53O4Si2. The Morgan fingerprint density at radius 1 is 0.742 bits per heavy atom. The Balaban J connectivity index is 5.85. The lowest BCUT2D eigenvalue weighted by atomic mass is 10.1. The van der Waals surface area contributed by atoms with Gasteiger partial charge in [-0.1, -0.05) is 92.9 Å². The second-order valence-corrected chi connectivity index (χ2v) is 17.0. The van der Waals surface area contributed by atoms with Gasteiger partial charge in [-0.2, -0.15) is 0 Å². The maximum Gasteiger partial charge on any atom is 0.402 e. The molecule has 0 amide bonds. The molecule has 0 saturated heterocycles. The van der Waals surface area contributed by atoms with E-state index >= 15 is 0 Å². The van der Waals surface area contributed by atoms with Crippen LogP contribution in [-0.4, -0.2) is 36.8 Å². The third-order valence-electron chi connectivity index (χ3n) is 6.68. The molecule has 0 spiro atoms. The van der Waals surface area contributed by atoms with Gasteiger partial charge >= 0.3 is 9.28 Å². The molecule has 1 atom stereocenters. The van der Waals surface area contributed by atoms with Gasteiger partial charge in [-0.15, -0.1) is 0 Å². The number of rotatable bonds is 18. The number of carbonyl (C=O) groups excluding carboxylic acids is 1. The molecule has 4 nitrogen and oxygen atoms in total. The normalized spacial score (nSPS) is 14.6. The molecule has 0 saturated carbocycles. The Hall–Kier alpha value is -0.176. The van der Waals surface area contributed by atoms with Gasteiger partial charge < -0.3 is 13.3 Å². The van der Waals surface area contributed by atoms with E-state index in [0.29, 0.717) is 19.6 Å². The van der Waals surface area contributed by atoms with E-state index in [1.165, 1.54) is 38.5 Å². The molecule has 0 rings (SSSR count). The highest BCUT2D eigenvalue weighted by Gasteiger charge is 2.54. The molecule has 6 heteroatoms. The summed E-state index contributed by atoms with van der Waals surface area (Å²) in [4.78, 5) is 13.8. The van der Waals surface area contributed by atoms with Crippen LogP contribution in [0.1, 0.15) is 120 Å². The minimum Gasteiger partial charge on any atom is -0.518 e. The summed E-state index contributed by atoms with van der Waals surface area (Å²) < 4.78 is 18.7. The lowest BCUT2D eigenvalue weighted by molar-refractivity contribution is -0.140. The number of hydrogen-bond donors (Lipinski definition) is 0. The Morgan fingerprint density at radius 2 is 1.19 bits per heavy atom. The largest absolute Gasteiger partial charge is 0.518 e. The van der Waals surface area contributed by atoms with E-state index in [1.807, 2.05) is 20.8 Å². The molecule has 0 fully saturated rings. The molecule has 0 N–H and O–H groups in total. The molecule has 31 heavy (non-hydrogen) atoms. The SMILES string of the molecule is CCCCCC[Si](CCCCCC)(OC(=O)C(C)(CC)[Si](OCC)OCC)C(C)(C)C. The van der Waals surface area contributed by atoms with Gasteiger partial charge in [0, 0.05) is 13.2 Å². The van der Waals surface area contributed by atoms with Crippen LogP contribution in [0.2, 0.25) is 22.2 Å². The van der Waals surface area contributed by atoms with Crippen LogP contribution in [0.3, 0.4) is 0 Å². The van der Waals surface area contributed by atoms with E-state index in [4.69, 9.17) is 13.3 Å². The summed E-state index contributed by atoms with van der Waals surface area (Å²) in [6, 6.07) is 2.14. The quantitative estimate of drug-likeness (QED) is 0.149. The van der Waals surface area contributed by atoms with Crippen molar-refractivity contribution in [3.05, 3.63) is 0 Å². The molecule has 0 aromatic rings. The molecule has 1 radical (unpaired) electrons. The Bertz CT molecular complexity index is 461. The fraction of sp³-hybridized carbons (Fsp3) is 0.960. The van der Waals surface area contributed by atoms with E-state index in [0.717, 1.165) is 24.9 Å². The van der Waals surface area contributed by atoms with Crippen molar-refractivity contribution >= 4 is 23.6 Å². The predicted molar refractivity (Wildman–Crippen MR) is 137 cm³/mol. The number of hydrogen-bond acceptors (Lipinski definition) is 4. The van der Waals surface area contributed by atoms with Crippen molar-refractivity contribution in [2.75, 3.05) is 13.2 Å².